The van der Waals surface area contributed by atoms with Crippen LogP contribution in [0.15, 0.2) is 24.3 Å². The molecule has 5 nitrogen and oxygen atoms in total. The molecule has 1 aromatic rings. The monoisotopic (exact) mass is 307 g/mol. The van der Waals surface area contributed by atoms with Gasteiger partial charge >= 0.3 is 0 Å². The van der Waals surface area contributed by atoms with Gasteiger partial charge in [0.2, 0.25) is 0 Å². The Hall–Kier alpha value is -0.820. The molecule has 1 aromatic carbocycles. The van der Waals surface area contributed by atoms with Gasteiger partial charge in [-0.3, -0.25) is 0 Å². The SMILES string of the molecule is CS(=O)(=O)CCNCC(O)COc1ccc(Cl)cc1. The van der Waals surface area contributed by atoms with Crippen molar-refractivity contribution in [3.05, 3.63) is 29.3 Å². The van der Waals surface area contributed by atoms with Crippen LogP contribution >= 0.6 is 11.6 Å². The summed E-state index contributed by atoms with van der Waals surface area (Å²) in [5.74, 6) is 0.678. The van der Waals surface area contributed by atoms with Crippen LogP contribution in [0.1, 0.15) is 0 Å². The molecule has 108 valence electrons. The van der Waals surface area contributed by atoms with Crippen LogP contribution in [0.5, 0.6) is 5.75 Å². The van der Waals surface area contributed by atoms with Gasteiger partial charge in [-0.15, -0.1) is 0 Å². The summed E-state index contributed by atoms with van der Waals surface area (Å²) in [6.07, 6.45) is 0.476. The van der Waals surface area contributed by atoms with Gasteiger partial charge in [-0.25, -0.2) is 8.42 Å². The van der Waals surface area contributed by atoms with E-state index < -0.39 is 15.9 Å². The van der Waals surface area contributed by atoms with Crippen molar-refractivity contribution in [3.63, 3.8) is 0 Å². The fourth-order valence-corrected chi connectivity index (χ4v) is 1.95. The fourth-order valence-electron chi connectivity index (χ4n) is 1.31. The molecule has 19 heavy (non-hydrogen) atoms. The topological polar surface area (TPSA) is 75.6 Å². The molecule has 1 atom stereocenters. The Bertz CT molecular complexity index is 475. The van der Waals surface area contributed by atoms with Gasteiger partial charge in [-0.05, 0) is 24.3 Å². The van der Waals surface area contributed by atoms with E-state index >= 15 is 0 Å². The number of sulfone groups is 1. The molecule has 7 heteroatoms. The highest BCUT2D eigenvalue weighted by molar-refractivity contribution is 7.90. The number of hydrogen-bond acceptors (Lipinski definition) is 5. The van der Waals surface area contributed by atoms with E-state index in [1.165, 1.54) is 6.26 Å². The Labute approximate surface area is 118 Å². The Balaban J connectivity index is 2.17. The summed E-state index contributed by atoms with van der Waals surface area (Å²) in [7, 11) is -2.97. The molecule has 1 rings (SSSR count). The Kier molecular flexibility index (Phi) is 6.57. The minimum Gasteiger partial charge on any atom is -0.491 e. The highest BCUT2D eigenvalue weighted by atomic mass is 35.5. The number of benzene rings is 1. The highest BCUT2D eigenvalue weighted by Crippen LogP contribution is 2.15. The number of rotatable bonds is 8. The maximum absolute atomic E-state index is 10.9. The molecule has 0 fully saturated rings. The summed E-state index contributed by atoms with van der Waals surface area (Å²) in [4.78, 5) is 0. The molecule has 0 aliphatic heterocycles. The maximum atomic E-state index is 10.9. The molecule has 0 aliphatic rings. The van der Waals surface area contributed by atoms with Crippen LogP contribution in [0.2, 0.25) is 5.02 Å². The lowest BCUT2D eigenvalue weighted by atomic mass is 10.3. The molecule has 0 aromatic heterocycles. The zero-order valence-electron chi connectivity index (χ0n) is 10.7. The molecule has 0 bridgehead atoms. The van der Waals surface area contributed by atoms with Crippen molar-refractivity contribution in [2.75, 3.05) is 31.7 Å². The van der Waals surface area contributed by atoms with E-state index in [1.54, 1.807) is 24.3 Å². The largest absolute Gasteiger partial charge is 0.491 e. The summed E-state index contributed by atoms with van der Waals surface area (Å²) in [6.45, 7) is 0.730. The second-order valence-electron chi connectivity index (χ2n) is 4.25. The van der Waals surface area contributed by atoms with Gasteiger partial charge in [-0.2, -0.15) is 0 Å². The maximum Gasteiger partial charge on any atom is 0.148 e. The van der Waals surface area contributed by atoms with E-state index in [1.807, 2.05) is 0 Å². The molecular formula is C12H18ClNO4S. The normalized spacial score (nSPS) is 13.2. The summed E-state index contributed by atoms with van der Waals surface area (Å²) >= 11 is 5.73. The zero-order valence-corrected chi connectivity index (χ0v) is 12.2. The van der Waals surface area contributed by atoms with Crippen LogP contribution in [0.4, 0.5) is 0 Å². The van der Waals surface area contributed by atoms with E-state index in [0.717, 1.165) is 0 Å². The summed E-state index contributed by atoms with van der Waals surface area (Å²) in [6, 6.07) is 6.83. The summed E-state index contributed by atoms with van der Waals surface area (Å²) in [5, 5.41) is 13.1. The van der Waals surface area contributed by atoms with Crippen LogP contribution in [-0.2, 0) is 9.84 Å². The zero-order chi connectivity index (χ0) is 14.3. The third-order valence-corrected chi connectivity index (χ3v) is 3.48. The fraction of sp³-hybridized carbons (Fsp3) is 0.500. The van der Waals surface area contributed by atoms with Crippen molar-refractivity contribution >= 4 is 21.4 Å². The molecule has 0 radical (unpaired) electrons. The quantitative estimate of drug-likeness (QED) is 0.692. The minimum absolute atomic E-state index is 0.0533. The van der Waals surface area contributed by atoms with Crippen molar-refractivity contribution in [3.8, 4) is 5.75 Å². The van der Waals surface area contributed by atoms with Crippen LogP contribution < -0.4 is 10.1 Å². The summed E-state index contributed by atoms with van der Waals surface area (Å²) in [5.41, 5.74) is 0. The first-order valence-corrected chi connectivity index (χ1v) is 8.25. The first kappa shape index (κ1) is 16.2. The van der Waals surface area contributed by atoms with Crippen LogP contribution in [0.25, 0.3) is 0 Å². The molecule has 0 amide bonds. The minimum atomic E-state index is -2.97. The lowest BCUT2D eigenvalue weighted by Crippen LogP contribution is -2.34. The molecule has 1 unspecified atom stereocenters. The van der Waals surface area contributed by atoms with Crippen molar-refractivity contribution in [2.45, 2.75) is 6.10 Å². The van der Waals surface area contributed by atoms with Crippen LogP contribution in [0, 0.1) is 0 Å². The van der Waals surface area contributed by atoms with E-state index in [0.29, 0.717) is 17.3 Å². The first-order chi connectivity index (χ1) is 8.87. The predicted octanol–water partition coefficient (Wildman–Crippen LogP) is 0.714. The molecule has 0 spiro atoms. The van der Waals surface area contributed by atoms with Crippen molar-refractivity contribution in [1.29, 1.82) is 0 Å². The molecule has 0 aliphatic carbocycles. The first-order valence-electron chi connectivity index (χ1n) is 5.82. The average Bonchev–Trinajstić information content (AvgIpc) is 2.33. The van der Waals surface area contributed by atoms with Gasteiger partial charge in [0, 0.05) is 24.4 Å². The Morgan fingerprint density at radius 3 is 2.58 bits per heavy atom. The lowest BCUT2D eigenvalue weighted by Gasteiger charge is -2.13. The van der Waals surface area contributed by atoms with Gasteiger partial charge in [0.25, 0.3) is 0 Å². The van der Waals surface area contributed by atoms with Gasteiger partial charge in [-0.1, -0.05) is 11.6 Å². The van der Waals surface area contributed by atoms with Gasteiger partial charge in [0.05, 0.1) is 5.75 Å². The molecule has 2 N–H and O–H groups in total. The van der Waals surface area contributed by atoms with Crippen LogP contribution in [0.3, 0.4) is 0 Å². The van der Waals surface area contributed by atoms with Gasteiger partial charge < -0.3 is 15.2 Å². The number of ether oxygens (including phenoxy) is 1. The third-order valence-electron chi connectivity index (χ3n) is 2.29. The molecule has 0 saturated carbocycles. The number of nitrogens with one attached hydrogen (secondary N) is 1. The highest BCUT2D eigenvalue weighted by Gasteiger charge is 2.06. The standard InChI is InChI=1S/C12H18ClNO4S/c1-19(16,17)7-6-14-8-11(15)9-18-12-4-2-10(13)3-5-12/h2-5,11,14-15H,6-9H2,1H3. The molecule has 0 heterocycles. The number of hydrogen-bond donors (Lipinski definition) is 2. The van der Waals surface area contributed by atoms with Crippen molar-refractivity contribution < 1.29 is 18.3 Å². The lowest BCUT2D eigenvalue weighted by molar-refractivity contribution is 0.107. The predicted molar refractivity (Wildman–Crippen MR) is 75.5 cm³/mol. The van der Waals surface area contributed by atoms with E-state index in [-0.39, 0.29) is 18.9 Å². The molecule has 0 saturated heterocycles. The Morgan fingerprint density at radius 2 is 2.00 bits per heavy atom. The van der Waals surface area contributed by atoms with E-state index in [4.69, 9.17) is 16.3 Å². The van der Waals surface area contributed by atoms with Crippen molar-refractivity contribution in [1.82, 2.24) is 5.32 Å². The van der Waals surface area contributed by atoms with E-state index in [9.17, 15) is 13.5 Å². The average molecular weight is 308 g/mol. The van der Waals surface area contributed by atoms with Gasteiger partial charge in [0.1, 0.15) is 28.3 Å². The number of aliphatic hydroxyl groups excluding tert-OH is 1. The van der Waals surface area contributed by atoms with Crippen molar-refractivity contribution in [2.24, 2.45) is 0 Å². The van der Waals surface area contributed by atoms with Gasteiger partial charge in [0.15, 0.2) is 0 Å². The van der Waals surface area contributed by atoms with Crippen LogP contribution in [-0.4, -0.2) is 51.3 Å². The third kappa shape index (κ3) is 8.05. The summed E-state index contributed by atoms with van der Waals surface area (Å²) < 4.78 is 27.1. The smallest absolute Gasteiger partial charge is 0.148 e. The second-order valence-corrected chi connectivity index (χ2v) is 6.95. The number of halogens is 1. The van der Waals surface area contributed by atoms with E-state index in [2.05, 4.69) is 5.32 Å². The number of aliphatic hydroxyl groups is 1. The Morgan fingerprint density at radius 1 is 1.37 bits per heavy atom. The molecular weight excluding hydrogens is 290 g/mol. The second kappa shape index (κ2) is 7.69.